The standard InChI is InChI=1S/C8H10N2O4/c1-3-14-8-7(10(12)13)4-6(5-11)9(8)2/h4-5H,3H2,1-2H3. The second kappa shape index (κ2) is 3.91. The molecule has 1 aromatic heterocycles. The second-order valence-electron chi connectivity index (χ2n) is 2.63. The molecule has 0 radical (unpaired) electrons. The lowest BCUT2D eigenvalue weighted by atomic mass is 10.4. The maximum Gasteiger partial charge on any atom is 0.331 e. The summed E-state index contributed by atoms with van der Waals surface area (Å²) in [6, 6.07) is 1.19. The van der Waals surface area contributed by atoms with Gasteiger partial charge in [-0.25, -0.2) is 0 Å². The molecule has 0 aliphatic rings. The molecule has 76 valence electrons. The smallest absolute Gasteiger partial charge is 0.331 e. The molecule has 0 bridgehead atoms. The summed E-state index contributed by atoms with van der Waals surface area (Å²) in [5.41, 5.74) is 0.0385. The molecule has 1 heterocycles. The van der Waals surface area contributed by atoms with E-state index in [2.05, 4.69) is 0 Å². The van der Waals surface area contributed by atoms with Crippen LogP contribution >= 0.6 is 0 Å². The maximum atomic E-state index is 10.6. The molecular weight excluding hydrogens is 188 g/mol. The maximum absolute atomic E-state index is 10.6. The third-order valence-corrected chi connectivity index (χ3v) is 1.79. The van der Waals surface area contributed by atoms with Crippen LogP contribution in [0.4, 0.5) is 5.69 Å². The summed E-state index contributed by atoms with van der Waals surface area (Å²) in [5.74, 6) is 0.111. The Kier molecular flexibility index (Phi) is 2.85. The number of rotatable bonds is 4. The summed E-state index contributed by atoms with van der Waals surface area (Å²) < 4.78 is 6.43. The van der Waals surface area contributed by atoms with Crippen LogP contribution in [-0.4, -0.2) is 22.4 Å². The van der Waals surface area contributed by atoms with Gasteiger partial charge in [0, 0.05) is 13.1 Å². The van der Waals surface area contributed by atoms with E-state index in [-0.39, 0.29) is 17.3 Å². The molecule has 0 spiro atoms. The Balaban J connectivity index is 3.26. The van der Waals surface area contributed by atoms with Crippen molar-refractivity contribution in [3.63, 3.8) is 0 Å². The molecule has 0 fully saturated rings. The number of aldehydes is 1. The molecule has 1 rings (SSSR count). The lowest BCUT2D eigenvalue weighted by molar-refractivity contribution is -0.385. The monoisotopic (exact) mass is 198 g/mol. The highest BCUT2D eigenvalue weighted by Gasteiger charge is 2.22. The normalized spacial score (nSPS) is 9.86. The van der Waals surface area contributed by atoms with E-state index in [4.69, 9.17) is 4.74 Å². The summed E-state index contributed by atoms with van der Waals surface area (Å²) in [5, 5.41) is 10.6. The molecule has 0 saturated heterocycles. The van der Waals surface area contributed by atoms with Gasteiger partial charge in [0.05, 0.1) is 17.2 Å². The first-order valence-electron chi connectivity index (χ1n) is 4.03. The van der Waals surface area contributed by atoms with Crippen LogP contribution in [0.1, 0.15) is 17.4 Å². The predicted octanol–water partition coefficient (Wildman–Crippen LogP) is 1.14. The molecule has 0 aliphatic carbocycles. The van der Waals surface area contributed by atoms with E-state index in [0.717, 1.165) is 0 Å². The van der Waals surface area contributed by atoms with Crippen molar-refractivity contribution < 1.29 is 14.5 Å². The highest BCUT2D eigenvalue weighted by Crippen LogP contribution is 2.29. The van der Waals surface area contributed by atoms with E-state index in [1.807, 2.05) is 0 Å². The minimum absolute atomic E-state index is 0.111. The fourth-order valence-corrected chi connectivity index (χ4v) is 1.14. The van der Waals surface area contributed by atoms with Crippen molar-refractivity contribution >= 4 is 12.0 Å². The van der Waals surface area contributed by atoms with Crippen molar-refractivity contribution in [1.82, 2.24) is 4.57 Å². The molecule has 0 unspecified atom stereocenters. The Hall–Kier alpha value is -1.85. The number of ether oxygens (including phenoxy) is 1. The SMILES string of the molecule is CCOc1c([N+](=O)[O-])cc(C=O)n1C. The fourth-order valence-electron chi connectivity index (χ4n) is 1.14. The zero-order chi connectivity index (χ0) is 10.7. The summed E-state index contributed by atoms with van der Waals surface area (Å²) in [6.07, 6.45) is 0.551. The molecule has 0 atom stereocenters. The van der Waals surface area contributed by atoms with Crippen molar-refractivity contribution in [2.75, 3.05) is 6.61 Å². The van der Waals surface area contributed by atoms with Gasteiger partial charge in [-0.1, -0.05) is 0 Å². The number of carbonyl (C=O) groups excluding carboxylic acids is 1. The van der Waals surface area contributed by atoms with E-state index >= 15 is 0 Å². The van der Waals surface area contributed by atoms with Crippen molar-refractivity contribution in [2.24, 2.45) is 7.05 Å². The van der Waals surface area contributed by atoms with Crippen LogP contribution in [0.2, 0.25) is 0 Å². The lowest BCUT2D eigenvalue weighted by Crippen LogP contribution is -2.02. The van der Waals surface area contributed by atoms with Gasteiger partial charge < -0.3 is 9.30 Å². The molecule has 0 aromatic carbocycles. The van der Waals surface area contributed by atoms with Crippen LogP contribution in [0.5, 0.6) is 5.88 Å². The van der Waals surface area contributed by atoms with Gasteiger partial charge in [0.2, 0.25) is 0 Å². The molecule has 6 nitrogen and oxygen atoms in total. The highest BCUT2D eigenvalue weighted by atomic mass is 16.6. The van der Waals surface area contributed by atoms with Gasteiger partial charge in [-0.15, -0.1) is 0 Å². The largest absolute Gasteiger partial charge is 0.474 e. The average molecular weight is 198 g/mol. The third kappa shape index (κ3) is 1.59. The number of nitro groups is 1. The van der Waals surface area contributed by atoms with Gasteiger partial charge >= 0.3 is 5.69 Å². The Morgan fingerprint density at radius 2 is 2.36 bits per heavy atom. The number of aromatic nitrogens is 1. The van der Waals surface area contributed by atoms with Crippen molar-refractivity contribution in [1.29, 1.82) is 0 Å². The molecule has 0 aliphatic heterocycles. The summed E-state index contributed by atoms with van der Waals surface area (Å²) in [6.45, 7) is 2.04. The van der Waals surface area contributed by atoms with Gasteiger partial charge in [0.1, 0.15) is 0 Å². The summed E-state index contributed by atoms with van der Waals surface area (Å²) in [4.78, 5) is 20.5. The minimum Gasteiger partial charge on any atom is -0.474 e. The van der Waals surface area contributed by atoms with Crippen LogP contribution in [-0.2, 0) is 7.05 Å². The Labute approximate surface area is 80.2 Å². The zero-order valence-electron chi connectivity index (χ0n) is 7.89. The number of carbonyl (C=O) groups is 1. The topological polar surface area (TPSA) is 74.4 Å². The highest BCUT2D eigenvalue weighted by molar-refractivity contribution is 5.76. The lowest BCUT2D eigenvalue weighted by Gasteiger charge is -2.03. The van der Waals surface area contributed by atoms with Crippen LogP contribution < -0.4 is 4.74 Å². The quantitative estimate of drug-likeness (QED) is 0.413. The molecular formula is C8H10N2O4. The van der Waals surface area contributed by atoms with E-state index in [1.54, 1.807) is 14.0 Å². The Bertz CT molecular complexity index is 370. The van der Waals surface area contributed by atoms with E-state index in [9.17, 15) is 14.9 Å². The third-order valence-electron chi connectivity index (χ3n) is 1.79. The number of hydrogen-bond acceptors (Lipinski definition) is 4. The fraction of sp³-hybridized carbons (Fsp3) is 0.375. The number of nitrogens with zero attached hydrogens (tertiary/aromatic N) is 2. The predicted molar refractivity (Wildman–Crippen MR) is 48.6 cm³/mol. The van der Waals surface area contributed by atoms with Crippen LogP contribution in [0.25, 0.3) is 0 Å². The Morgan fingerprint density at radius 3 is 2.79 bits per heavy atom. The van der Waals surface area contributed by atoms with E-state index in [1.165, 1.54) is 10.6 Å². The molecule has 0 saturated carbocycles. The van der Waals surface area contributed by atoms with Crippen molar-refractivity contribution in [3.8, 4) is 5.88 Å². The summed E-state index contributed by atoms with van der Waals surface area (Å²) >= 11 is 0. The molecule has 0 amide bonds. The van der Waals surface area contributed by atoms with Gasteiger partial charge in [-0.3, -0.25) is 14.9 Å². The van der Waals surface area contributed by atoms with Gasteiger partial charge in [-0.05, 0) is 6.92 Å². The Morgan fingerprint density at radius 1 is 1.71 bits per heavy atom. The first-order valence-corrected chi connectivity index (χ1v) is 4.03. The van der Waals surface area contributed by atoms with Crippen LogP contribution in [0.3, 0.4) is 0 Å². The molecule has 0 N–H and O–H groups in total. The van der Waals surface area contributed by atoms with Gasteiger partial charge in [0.25, 0.3) is 5.88 Å². The van der Waals surface area contributed by atoms with Gasteiger partial charge in [0.15, 0.2) is 6.29 Å². The van der Waals surface area contributed by atoms with E-state index < -0.39 is 4.92 Å². The van der Waals surface area contributed by atoms with Crippen molar-refractivity contribution in [2.45, 2.75) is 6.92 Å². The first-order chi connectivity index (χ1) is 6.61. The molecule has 1 aromatic rings. The second-order valence-corrected chi connectivity index (χ2v) is 2.63. The van der Waals surface area contributed by atoms with E-state index in [0.29, 0.717) is 12.9 Å². The van der Waals surface area contributed by atoms with Crippen LogP contribution in [0, 0.1) is 10.1 Å². The minimum atomic E-state index is -0.571. The number of hydrogen-bond donors (Lipinski definition) is 0. The van der Waals surface area contributed by atoms with Gasteiger partial charge in [-0.2, -0.15) is 0 Å². The average Bonchev–Trinajstić information content (AvgIpc) is 2.45. The summed E-state index contributed by atoms with van der Waals surface area (Å²) in [7, 11) is 1.54. The molecule has 6 heteroatoms. The zero-order valence-corrected chi connectivity index (χ0v) is 7.89. The van der Waals surface area contributed by atoms with Crippen molar-refractivity contribution in [3.05, 3.63) is 21.9 Å². The van der Waals surface area contributed by atoms with Crippen LogP contribution in [0.15, 0.2) is 6.07 Å². The molecule has 14 heavy (non-hydrogen) atoms. The first kappa shape index (κ1) is 10.2.